The van der Waals surface area contributed by atoms with Crippen molar-refractivity contribution in [3.05, 3.63) is 0 Å². The van der Waals surface area contributed by atoms with E-state index in [-0.39, 0.29) is 6.10 Å². The maximum absolute atomic E-state index is 8.87. The maximum atomic E-state index is 8.87. The summed E-state index contributed by atoms with van der Waals surface area (Å²) in [5.41, 5.74) is 0. The topological polar surface area (TPSA) is 29.5 Å². The van der Waals surface area contributed by atoms with E-state index in [1.807, 2.05) is 0 Å². The fourth-order valence-corrected chi connectivity index (χ4v) is 1.02. The fraction of sp³-hybridized carbons (Fsp3) is 1.00. The van der Waals surface area contributed by atoms with Gasteiger partial charge in [-0.3, -0.25) is 0 Å². The summed E-state index contributed by atoms with van der Waals surface area (Å²) in [5.74, 6) is 0.624. The zero-order valence-electron chi connectivity index (χ0n) is 7.84. The van der Waals surface area contributed by atoms with Gasteiger partial charge in [-0.05, 0) is 19.3 Å². The Hall–Kier alpha value is -0.0800. The fourth-order valence-electron chi connectivity index (χ4n) is 1.02. The third-order valence-electron chi connectivity index (χ3n) is 1.54. The van der Waals surface area contributed by atoms with Crippen molar-refractivity contribution in [2.24, 2.45) is 5.92 Å². The van der Waals surface area contributed by atoms with Crippen molar-refractivity contribution >= 4 is 0 Å². The molecule has 11 heavy (non-hydrogen) atoms. The molecular weight excluding hydrogens is 140 g/mol. The predicted octanol–water partition coefficient (Wildman–Crippen LogP) is 1.82. The summed E-state index contributed by atoms with van der Waals surface area (Å²) in [4.78, 5) is 0. The normalized spacial score (nSPS) is 16.4. The lowest BCUT2D eigenvalue weighted by Gasteiger charge is -2.11. The second-order valence-corrected chi connectivity index (χ2v) is 3.28. The van der Waals surface area contributed by atoms with Crippen LogP contribution in [0.4, 0.5) is 0 Å². The summed E-state index contributed by atoms with van der Waals surface area (Å²) in [7, 11) is 0. The first-order chi connectivity index (χ1) is 5.16. The van der Waals surface area contributed by atoms with Crippen molar-refractivity contribution in [3.8, 4) is 0 Å². The van der Waals surface area contributed by atoms with Gasteiger partial charge in [-0.2, -0.15) is 0 Å². The summed E-state index contributed by atoms with van der Waals surface area (Å²) >= 11 is 0. The Balaban J connectivity index is 3.10. The molecule has 0 heterocycles. The molecule has 0 spiro atoms. The highest BCUT2D eigenvalue weighted by atomic mass is 16.5. The van der Waals surface area contributed by atoms with Gasteiger partial charge in [0.25, 0.3) is 0 Å². The molecule has 0 amide bonds. The molecule has 0 radical (unpaired) electrons. The van der Waals surface area contributed by atoms with E-state index in [0.717, 1.165) is 6.61 Å². The van der Waals surface area contributed by atoms with Crippen LogP contribution >= 0.6 is 0 Å². The third-order valence-corrected chi connectivity index (χ3v) is 1.54. The van der Waals surface area contributed by atoms with Crippen LogP contribution in [0.3, 0.4) is 0 Å². The van der Waals surface area contributed by atoms with Gasteiger partial charge >= 0.3 is 0 Å². The minimum atomic E-state index is -0.330. The number of hydrogen-bond acceptors (Lipinski definition) is 2. The zero-order valence-corrected chi connectivity index (χ0v) is 7.84. The molecular formula is C9H20O2. The van der Waals surface area contributed by atoms with Crippen molar-refractivity contribution in [3.63, 3.8) is 0 Å². The number of rotatable bonds is 6. The van der Waals surface area contributed by atoms with Crippen LogP contribution in [0.2, 0.25) is 0 Å². The summed E-state index contributed by atoms with van der Waals surface area (Å²) in [5, 5.41) is 8.87. The van der Waals surface area contributed by atoms with Gasteiger partial charge < -0.3 is 9.84 Å². The number of ether oxygens (including phenoxy) is 1. The first kappa shape index (κ1) is 10.9. The molecule has 0 saturated carbocycles. The van der Waals surface area contributed by atoms with Gasteiger partial charge in [0.1, 0.15) is 0 Å². The molecule has 0 aromatic rings. The van der Waals surface area contributed by atoms with E-state index in [0.29, 0.717) is 12.5 Å². The van der Waals surface area contributed by atoms with Gasteiger partial charge in [0.2, 0.25) is 0 Å². The molecule has 2 atom stereocenters. The molecule has 0 aliphatic carbocycles. The van der Waals surface area contributed by atoms with Crippen LogP contribution in [-0.2, 0) is 4.74 Å². The van der Waals surface area contributed by atoms with Crippen molar-refractivity contribution < 1.29 is 9.84 Å². The van der Waals surface area contributed by atoms with Gasteiger partial charge in [0.15, 0.2) is 0 Å². The number of hydrogen-bond donors (Lipinski definition) is 1. The van der Waals surface area contributed by atoms with E-state index in [1.165, 1.54) is 12.8 Å². The molecule has 0 aliphatic heterocycles. The summed E-state index contributed by atoms with van der Waals surface area (Å²) in [6.07, 6.45) is 2.09. The lowest BCUT2D eigenvalue weighted by molar-refractivity contribution is 0.0306. The number of aliphatic hydroxyl groups excluding tert-OH is 1. The van der Waals surface area contributed by atoms with Crippen molar-refractivity contribution in [2.75, 3.05) is 13.2 Å². The van der Waals surface area contributed by atoms with Crippen molar-refractivity contribution in [1.29, 1.82) is 0 Å². The Bertz CT molecular complexity index is 81.6. The van der Waals surface area contributed by atoms with E-state index in [2.05, 4.69) is 13.8 Å². The lowest BCUT2D eigenvalue weighted by atomic mass is 10.1. The van der Waals surface area contributed by atoms with Gasteiger partial charge in [0, 0.05) is 6.61 Å². The van der Waals surface area contributed by atoms with Crippen LogP contribution in [-0.4, -0.2) is 24.4 Å². The average Bonchev–Trinajstić information content (AvgIpc) is 1.87. The first-order valence-corrected chi connectivity index (χ1v) is 4.42. The Labute approximate surface area is 69.6 Å². The van der Waals surface area contributed by atoms with Crippen LogP contribution in [0.1, 0.15) is 33.6 Å². The molecule has 2 heteroatoms. The Kier molecular flexibility index (Phi) is 6.57. The minimum absolute atomic E-state index is 0.330. The standard InChI is InChI=1S/C9H20O2/c1-4-5-8(2)6-11-7-9(3)10/h8-10H,4-7H2,1-3H3/t8?,9-/m0/s1. The second kappa shape index (κ2) is 6.62. The molecule has 0 saturated heterocycles. The van der Waals surface area contributed by atoms with Crippen LogP contribution in [0.5, 0.6) is 0 Å². The second-order valence-electron chi connectivity index (χ2n) is 3.28. The Morgan fingerprint density at radius 2 is 1.91 bits per heavy atom. The third kappa shape index (κ3) is 7.82. The monoisotopic (exact) mass is 160 g/mol. The van der Waals surface area contributed by atoms with Crippen molar-refractivity contribution in [1.82, 2.24) is 0 Å². The Morgan fingerprint density at radius 1 is 1.27 bits per heavy atom. The maximum Gasteiger partial charge on any atom is 0.0745 e. The average molecular weight is 160 g/mol. The molecule has 68 valence electrons. The molecule has 0 aliphatic rings. The van der Waals surface area contributed by atoms with Crippen molar-refractivity contribution in [2.45, 2.75) is 39.7 Å². The van der Waals surface area contributed by atoms with Crippen LogP contribution in [0.25, 0.3) is 0 Å². The summed E-state index contributed by atoms with van der Waals surface area (Å²) < 4.78 is 5.26. The van der Waals surface area contributed by atoms with Gasteiger partial charge in [0.05, 0.1) is 12.7 Å². The molecule has 2 nitrogen and oxygen atoms in total. The van der Waals surface area contributed by atoms with Crippen LogP contribution in [0, 0.1) is 5.92 Å². The first-order valence-electron chi connectivity index (χ1n) is 4.42. The van der Waals surface area contributed by atoms with Gasteiger partial charge in [-0.15, -0.1) is 0 Å². The smallest absolute Gasteiger partial charge is 0.0745 e. The van der Waals surface area contributed by atoms with Gasteiger partial charge in [-0.1, -0.05) is 20.3 Å². The molecule has 0 aromatic heterocycles. The highest BCUT2D eigenvalue weighted by Gasteiger charge is 2.01. The molecule has 0 fully saturated rings. The van der Waals surface area contributed by atoms with E-state index < -0.39 is 0 Å². The minimum Gasteiger partial charge on any atom is -0.391 e. The van der Waals surface area contributed by atoms with E-state index in [1.54, 1.807) is 6.92 Å². The molecule has 0 rings (SSSR count). The quantitative estimate of drug-likeness (QED) is 0.642. The summed E-state index contributed by atoms with van der Waals surface area (Å²) in [6, 6.07) is 0. The number of aliphatic hydroxyl groups is 1. The Morgan fingerprint density at radius 3 is 2.36 bits per heavy atom. The summed E-state index contributed by atoms with van der Waals surface area (Å²) in [6.45, 7) is 7.33. The lowest BCUT2D eigenvalue weighted by Crippen LogP contribution is -2.14. The molecule has 1 unspecified atom stereocenters. The predicted molar refractivity (Wildman–Crippen MR) is 46.6 cm³/mol. The van der Waals surface area contributed by atoms with E-state index >= 15 is 0 Å². The SMILES string of the molecule is CCCC(C)COC[C@H](C)O. The van der Waals surface area contributed by atoms with E-state index in [4.69, 9.17) is 9.84 Å². The highest BCUT2D eigenvalue weighted by Crippen LogP contribution is 2.04. The zero-order chi connectivity index (χ0) is 8.69. The van der Waals surface area contributed by atoms with E-state index in [9.17, 15) is 0 Å². The van der Waals surface area contributed by atoms with Crippen LogP contribution < -0.4 is 0 Å². The molecule has 1 N–H and O–H groups in total. The highest BCUT2D eigenvalue weighted by molar-refractivity contribution is 4.50. The largest absolute Gasteiger partial charge is 0.391 e. The van der Waals surface area contributed by atoms with Gasteiger partial charge in [-0.25, -0.2) is 0 Å². The van der Waals surface area contributed by atoms with Crippen LogP contribution in [0.15, 0.2) is 0 Å². The molecule has 0 aromatic carbocycles. The molecule has 0 bridgehead atoms.